The first-order chi connectivity index (χ1) is 15.2. The smallest absolute Gasteiger partial charge is 0.228 e. The summed E-state index contributed by atoms with van der Waals surface area (Å²) >= 11 is 1.38. The number of nitrogens with zero attached hydrogens (tertiary/aromatic N) is 6. The van der Waals surface area contributed by atoms with Crippen LogP contribution in [-0.4, -0.2) is 35.1 Å². The average Bonchev–Trinajstić information content (AvgIpc) is 3.16. The zero-order chi connectivity index (χ0) is 20.8. The monoisotopic (exact) mass is 432 g/mol. The van der Waals surface area contributed by atoms with Gasteiger partial charge >= 0.3 is 0 Å². The molecular weight excluding hydrogens is 416 g/mol. The number of fused-ring (bicyclic) bond motifs is 2. The van der Waals surface area contributed by atoms with Crippen LogP contribution in [0.4, 0.5) is 17.4 Å². The molecule has 31 heavy (non-hydrogen) atoms. The minimum atomic E-state index is 0.0203. The molecule has 1 aliphatic carbocycles. The molecule has 10 nitrogen and oxygen atoms in total. The van der Waals surface area contributed by atoms with Gasteiger partial charge in [0.15, 0.2) is 23.0 Å². The number of nitrogens with one attached hydrogen (secondary N) is 2. The van der Waals surface area contributed by atoms with E-state index in [1.165, 1.54) is 11.8 Å². The summed E-state index contributed by atoms with van der Waals surface area (Å²) in [6.07, 6.45) is 7.13. The van der Waals surface area contributed by atoms with Crippen molar-refractivity contribution in [2.24, 2.45) is 5.92 Å². The van der Waals surface area contributed by atoms with Gasteiger partial charge in [0, 0.05) is 18.2 Å². The molecule has 0 radical (unpaired) electrons. The van der Waals surface area contributed by atoms with Crippen molar-refractivity contribution in [3.63, 3.8) is 0 Å². The van der Waals surface area contributed by atoms with Gasteiger partial charge in [0.05, 0.1) is 18.1 Å². The summed E-state index contributed by atoms with van der Waals surface area (Å²) in [5.74, 6) is 1.30. The largest absolute Gasteiger partial charge is 0.449 e. The Bertz CT molecular complexity index is 1400. The SMILES string of the molecule is O=C(Nc1cn2nc(Sc3nnc4ccc(Nc5ccco5)cn34)ccc2n1)C1CC1. The molecule has 5 aromatic heterocycles. The molecule has 5 heterocycles. The molecule has 6 rings (SSSR count). The number of aromatic nitrogens is 6. The molecule has 1 aliphatic rings. The number of anilines is 3. The molecule has 1 fully saturated rings. The predicted molar refractivity (Wildman–Crippen MR) is 113 cm³/mol. The van der Waals surface area contributed by atoms with Gasteiger partial charge in [0.25, 0.3) is 0 Å². The minimum Gasteiger partial charge on any atom is -0.449 e. The summed E-state index contributed by atoms with van der Waals surface area (Å²) in [5.41, 5.74) is 2.23. The second-order valence-corrected chi connectivity index (χ2v) is 8.18. The van der Waals surface area contributed by atoms with Gasteiger partial charge in [-0.05, 0) is 54.9 Å². The van der Waals surface area contributed by atoms with Crippen molar-refractivity contribution in [1.82, 2.24) is 29.2 Å². The highest BCUT2D eigenvalue weighted by Crippen LogP contribution is 2.30. The highest BCUT2D eigenvalue weighted by Gasteiger charge is 2.30. The summed E-state index contributed by atoms with van der Waals surface area (Å²) in [5, 5.41) is 20.5. The topological polar surface area (TPSA) is 115 Å². The van der Waals surface area contributed by atoms with Crippen molar-refractivity contribution >= 4 is 46.4 Å². The van der Waals surface area contributed by atoms with Crippen molar-refractivity contribution in [3.05, 3.63) is 55.1 Å². The van der Waals surface area contributed by atoms with E-state index < -0.39 is 0 Å². The Morgan fingerprint density at radius 3 is 2.84 bits per heavy atom. The molecule has 0 aliphatic heterocycles. The van der Waals surface area contributed by atoms with E-state index in [9.17, 15) is 4.79 Å². The fraction of sp³-hybridized carbons (Fsp3) is 0.150. The fourth-order valence-corrected chi connectivity index (χ4v) is 3.93. The van der Waals surface area contributed by atoms with Crippen LogP contribution in [-0.2, 0) is 4.79 Å². The molecule has 1 saturated carbocycles. The van der Waals surface area contributed by atoms with E-state index in [2.05, 4.69) is 30.9 Å². The van der Waals surface area contributed by atoms with Gasteiger partial charge in [0.2, 0.25) is 11.1 Å². The summed E-state index contributed by atoms with van der Waals surface area (Å²) in [6.45, 7) is 0. The Kier molecular flexibility index (Phi) is 4.13. The van der Waals surface area contributed by atoms with Gasteiger partial charge in [-0.25, -0.2) is 9.50 Å². The summed E-state index contributed by atoms with van der Waals surface area (Å²) in [7, 11) is 0. The first kappa shape index (κ1) is 18.0. The van der Waals surface area contributed by atoms with Gasteiger partial charge in [-0.2, -0.15) is 5.10 Å². The van der Waals surface area contributed by atoms with Crippen LogP contribution in [0, 0.1) is 5.92 Å². The van der Waals surface area contributed by atoms with Crippen molar-refractivity contribution in [3.8, 4) is 0 Å². The highest BCUT2D eigenvalue weighted by atomic mass is 32.2. The van der Waals surface area contributed by atoms with Crippen LogP contribution in [0.3, 0.4) is 0 Å². The Morgan fingerprint density at radius 2 is 2.00 bits per heavy atom. The number of carbonyl (C=O) groups excluding carboxylic acids is 1. The van der Waals surface area contributed by atoms with Crippen molar-refractivity contribution < 1.29 is 9.21 Å². The van der Waals surface area contributed by atoms with Crippen molar-refractivity contribution in [2.75, 3.05) is 10.6 Å². The van der Waals surface area contributed by atoms with Gasteiger partial charge in [-0.3, -0.25) is 9.20 Å². The summed E-state index contributed by atoms with van der Waals surface area (Å²) in [4.78, 5) is 16.4. The summed E-state index contributed by atoms with van der Waals surface area (Å²) < 4.78 is 8.88. The maximum atomic E-state index is 12.0. The number of hydrogen-bond donors (Lipinski definition) is 2. The number of amides is 1. The first-order valence-corrected chi connectivity index (χ1v) is 10.5. The van der Waals surface area contributed by atoms with Gasteiger partial charge in [-0.15, -0.1) is 10.2 Å². The standard InChI is InChI=1S/C20H16N8O2S/c29-19(12-3-4-12)23-14-11-28-15(22-14)7-8-18(26-28)31-20-25-24-16-6-5-13(10-27(16)20)21-17-2-1-9-30-17/h1-2,5-12,21H,3-4H2,(H,23,29). The van der Waals surface area contributed by atoms with Crippen molar-refractivity contribution in [1.29, 1.82) is 0 Å². The van der Waals surface area contributed by atoms with E-state index >= 15 is 0 Å². The van der Waals surface area contributed by atoms with Crippen LogP contribution in [0.15, 0.2) is 69.7 Å². The predicted octanol–water partition coefficient (Wildman–Crippen LogP) is 3.61. The molecule has 0 atom stereocenters. The van der Waals surface area contributed by atoms with Crippen LogP contribution >= 0.6 is 11.8 Å². The third-order valence-electron chi connectivity index (χ3n) is 4.85. The molecule has 5 aromatic rings. The quantitative estimate of drug-likeness (QED) is 0.418. The molecule has 154 valence electrons. The highest BCUT2D eigenvalue weighted by molar-refractivity contribution is 7.99. The van der Waals surface area contributed by atoms with Crippen LogP contribution in [0.25, 0.3) is 11.3 Å². The van der Waals surface area contributed by atoms with Gasteiger partial charge in [-0.1, -0.05) is 0 Å². The summed E-state index contributed by atoms with van der Waals surface area (Å²) in [6, 6.07) is 11.2. The number of pyridine rings is 1. The Hall–Kier alpha value is -3.86. The second-order valence-electron chi connectivity index (χ2n) is 7.20. The number of imidazole rings is 1. The van der Waals surface area contributed by atoms with Gasteiger partial charge in [0.1, 0.15) is 5.03 Å². The number of rotatable bonds is 6. The van der Waals surface area contributed by atoms with Crippen LogP contribution in [0.1, 0.15) is 12.8 Å². The molecular formula is C20H16N8O2S. The normalized spacial score (nSPS) is 13.7. The van der Waals surface area contributed by atoms with Crippen LogP contribution in [0.2, 0.25) is 0 Å². The fourth-order valence-electron chi connectivity index (χ4n) is 3.15. The molecule has 2 N–H and O–H groups in total. The van der Waals surface area contributed by atoms with Crippen molar-refractivity contribution in [2.45, 2.75) is 23.0 Å². The zero-order valence-electron chi connectivity index (χ0n) is 16.1. The first-order valence-electron chi connectivity index (χ1n) is 9.72. The van der Waals surface area contributed by atoms with Crippen LogP contribution in [0.5, 0.6) is 0 Å². The van der Waals surface area contributed by atoms with E-state index in [0.29, 0.717) is 22.5 Å². The Balaban J connectivity index is 1.25. The lowest BCUT2D eigenvalue weighted by molar-refractivity contribution is -0.117. The molecule has 0 spiro atoms. The van der Waals surface area contributed by atoms with Crippen LogP contribution < -0.4 is 10.6 Å². The van der Waals surface area contributed by atoms with E-state index in [1.807, 2.05) is 47.0 Å². The van der Waals surface area contributed by atoms with E-state index in [1.54, 1.807) is 17.0 Å². The second kappa shape index (κ2) is 7.13. The van der Waals surface area contributed by atoms with E-state index in [4.69, 9.17) is 4.42 Å². The number of hydrogen-bond acceptors (Lipinski definition) is 8. The third-order valence-corrected chi connectivity index (χ3v) is 5.74. The molecule has 0 bridgehead atoms. The third kappa shape index (κ3) is 3.59. The number of furan rings is 1. The minimum absolute atomic E-state index is 0.0203. The Labute approximate surface area is 179 Å². The zero-order valence-corrected chi connectivity index (χ0v) is 16.9. The van der Waals surface area contributed by atoms with Gasteiger partial charge < -0.3 is 15.1 Å². The lowest BCUT2D eigenvalue weighted by Crippen LogP contribution is -2.13. The molecule has 1 amide bonds. The van der Waals surface area contributed by atoms with E-state index in [0.717, 1.165) is 29.2 Å². The Morgan fingerprint density at radius 1 is 1.10 bits per heavy atom. The molecule has 11 heteroatoms. The van der Waals surface area contributed by atoms with E-state index in [-0.39, 0.29) is 11.8 Å². The average molecular weight is 432 g/mol. The molecule has 0 saturated heterocycles. The lowest BCUT2D eigenvalue weighted by Gasteiger charge is -2.05. The maximum absolute atomic E-state index is 12.0. The number of carbonyl (C=O) groups is 1. The lowest BCUT2D eigenvalue weighted by atomic mass is 10.4. The molecule has 0 unspecified atom stereocenters. The maximum Gasteiger partial charge on any atom is 0.228 e. The molecule has 0 aromatic carbocycles.